The van der Waals surface area contributed by atoms with E-state index in [1.807, 2.05) is 26.0 Å². The average molecular weight is 294 g/mol. The van der Waals surface area contributed by atoms with E-state index in [1.165, 1.54) is 0 Å². The molecule has 0 saturated carbocycles. The van der Waals surface area contributed by atoms with Crippen molar-refractivity contribution in [3.05, 3.63) is 23.7 Å². The van der Waals surface area contributed by atoms with Gasteiger partial charge in [0.25, 0.3) is 0 Å². The highest BCUT2D eigenvalue weighted by Crippen LogP contribution is 2.20. The number of amides is 1. The molecule has 21 heavy (non-hydrogen) atoms. The number of nitrogens with zero attached hydrogens (tertiary/aromatic N) is 2. The summed E-state index contributed by atoms with van der Waals surface area (Å²) in [6.45, 7) is 5.44. The molecule has 1 N–H and O–H groups in total. The fraction of sp³-hybridized carbons (Fsp3) is 0.688. The maximum atomic E-state index is 12.4. The third-order valence-corrected chi connectivity index (χ3v) is 4.17. The van der Waals surface area contributed by atoms with Crippen molar-refractivity contribution < 1.29 is 14.3 Å². The molecule has 2 rings (SSSR count). The van der Waals surface area contributed by atoms with Crippen molar-refractivity contribution in [2.45, 2.75) is 51.8 Å². The molecule has 1 amide bonds. The number of hydrogen-bond acceptors (Lipinski definition) is 4. The van der Waals surface area contributed by atoms with Gasteiger partial charge in [-0.05, 0) is 45.4 Å². The van der Waals surface area contributed by atoms with Gasteiger partial charge in [0.1, 0.15) is 11.5 Å². The minimum atomic E-state index is -0.392. The van der Waals surface area contributed by atoms with Crippen LogP contribution in [-0.2, 0) is 11.3 Å². The minimum Gasteiger partial charge on any atom is -0.464 e. The van der Waals surface area contributed by atoms with E-state index in [1.54, 1.807) is 11.9 Å². The predicted molar refractivity (Wildman–Crippen MR) is 80.8 cm³/mol. The van der Waals surface area contributed by atoms with Crippen LogP contribution < -0.4 is 0 Å². The first-order valence-electron chi connectivity index (χ1n) is 7.68. The maximum absolute atomic E-state index is 12.4. The van der Waals surface area contributed by atoms with Crippen LogP contribution in [0.5, 0.6) is 0 Å². The highest BCUT2D eigenvalue weighted by molar-refractivity contribution is 5.78. The van der Waals surface area contributed by atoms with Crippen molar-refractivity contribution in [1.29, 1.82) is 0 Å². The lowest BCUT2D eigenvalue weighted by Gasteiger charge is -2.37. The Morgan fingerprint density at radius 1 is 1.52 bits per heavy atom. The Labute approximate surface area is 126 Å². The molecule has 5 heteroatoms. The molecule has 1 aromatic rings. The quantitative estimate of drug-likeness (QED) is 0.899. The molecule has 0 aromatic carbocycles. The van der Waals surface area contributed by atoms with Crippen LogP contribution in [0.15, 0.2) is 16.5 Å². The molecule has 1 aromatic heterocycles. The summed E-state index contributed by atoms with van der Waals surface area (Å²) in [7, 11) is 1.79. The summed E-state index contributed by atoms with van der Waals surface area (Å²) in [4.78, 5) is 16.1. The summed E-state index contributed by atoms with van der Waals surface area (Å²) in [5.41, 5.74) is 0. The van der Waals surface area contributed by atoms with Crippen LogP contribution >= 0.6 is 0 Å². The van der Waals surface area contributed by atoms with Crippen LogP contribution in [0.1, 0.15) is 37.7 Å². The Hall–Kier alpha value is -1.33. The van der Waals surface area contributed by atoms with Gasteiger partial charge in [-0.25, -0.2) is 0 Å². The first kappa shape index (κ1) is 16.0. The Kier molecular flexibility index (Phi) is 5.42. The predicted octanol–water partition coefficient (Wildman–Crippen LogP) is 1.78. The smallest absolute Gasteiger partial charge is 0.236 e. The number of hydrogen-bond donors (Lipinski definition) is 1. The van der Waals surface area contributed by atoms with Crippen molar-refractivity contribution in [1.82, 2.24) is 9.80 Å². The number of aliphatic hydroxyl groups is 1. The Balaban J connectivity index is 1.90. The molecule has 118 valence electrons. The van der Waals surface area contributed by atoms with Crippen LogP contribution in [0, 0.1) is 6.92 Å². The average Bonchev–Trinajstić information content (AvgIpc) is 2.84. The third kappa shape index (κ3) is 4.32. The normalized spacial score (nSPS) is 21.2. The van der Waals surface area contributed by atoms with E-state index < -0.39 is 6.10 Å². The molecule has 0 aliphatic carbocycles. The van der Waals surface area contributed by atoms with Gasteiger partial charge in [-0.1, -0.05) is 6.42 Å². The van der Waals surface area contributed by atoms with Crippen LogP contribution in [0.4, 0.5) is 0 Å². The molecular formula is C16H26N2O3. The van der Waals surface area contributed by atoms with Gasteiger partial charge in [-0.2, -0.15) is 0 Å². The molecule has 5 nitrogen and oxygen atoms in total. The van der Waals surface area contributed by atoms with E-state index >= 15 is 0 Å². The van der Waals surface area contributed by atoms with E-state index in [0.717, 1.165) is 37.3 Å². The van der Waals surface area contributed by atoms with Crippen molar-refractivity contribution in [2.75, 3.05) is 20.1 Å². The van der Waals surface area contributed by atoms with Crippen LogP contribution in [0.2, 0.25) is 0 Å². The monoisotopic (exact) mass is 294 g/mol. The zero-order valence-electron chi connectivity index (χ0n) is 13.2. The molecular weight excluding hydrogens is 268 g/mol. The van der Waals surface area contributed by atoms with Crippen LogP contribution in [-0.4, -0.2) is 53.1 Å². The SMILES string of the molecule is Cc1ccc(CN(C)C(=O)CN2CCCCC2C(C)O)o1. The van der Waals surface area contributed by atoms with Crippen molar-refractivity contribution in [3.63, 3.8) is 0 Å². The van der Waals surface area contributed by atoms with E-state index in [2.05, 4.69) is 4.90 Å². The molecule has 1 saturated heterocycles. The van der Waals surface area contributed by atoms with Gasteiger partial charge in [0.15, 0.2) is 0 Å². The number of likely N-dealkylation sites (N-methyl/N-ethyl adjacent to an activating group) is 1. The van der Waals surface area contributed by atoms with Crippen molar-refractivity contribution in [2.24, 2.45) is 0 Å². The summed E-state index contributed by atoms with van der Waals surface area (Å²) >= 11 is 0. The van der Waals surface area contributed by atoms with E-state index in [4.69, 9.17) is 4.42 Å². The molecule has 0 spiro atoms. The van der Waals surface area contributed by atoms with Crippen molar-refractivity contribution in [3.8, 4) is 0 Å². The van der Waals surface area contributed by atoms with Gasteiger partial charge >= 0.3 is 0 Å². The molecule has 1 aliphatic heterocycles. The van der Waals surface area contributed by atoms with Gasteiger partial charge in [-0.15, -0.1) is 0 Å². The minimum absolute atomic E-state index is 0.0663. The number of likely N-dealkylation sites (tertiary alicyclic amines) is 1. The third-order valence-electron chi connectivity index (χ3n) is 4.17. The molecule has 1 fully saturated rings. The largest absolute Gasteiger partial charge is 0.464 e. The number of piperidine rings is 1. The molecule has 2 unspecified atom stereocenters. The van der Waals surface area contributed by atoms with Gasteiger partial charge in [0.05, 0.1) is 19.2 Å². The first-order chi connectivity index (χ1) is 9.97. The summed E-state index contributed by atoms with van der Waals surface area (Å²) in [5, 5.41) is 9.86. The lowest BCUT2D eigenvalue weighted by molar-refractivity contribution is -0.133. The fourth-order valence-corrected chi connectivity index (χ4v) is 2.95. The second-order valence-corrected chi connectivity index (χ2v) is 6.04. The number of carbonyl (C=O) groups excluding carboxylic acids is 1. The van der Waals surface area contributed by atoms with Crippen molar-refractivity contribution >= 4 is 5.91 Å². The zero-order chi connectivity index (χ0) is 15.4. The molecule has 2 atom stereocenters. The highest BCUT2D eigenvalue weighted by Gasteiger charge is 2.28. The fourth-order valence-electron chi connectivity index (χ4n) is 2.95. The summed E-state index contributed by atoms with van der Waals surface area (Å²) < 4.78 is 5.51. The van der Waals surface area contributed by atoms with Gasteiger partial charge in [0.2, 0.25) is 5.91 Å². The Morgan fingerprint density at radius 2 is 2.29 bits per heavy atom. The Morgan fingerprint density at radius 3 is 2.90 bits per heavy atom. The molecule has 1 aliphatic rings. The standard InChI is InChI=1S/C16H26N2O3/c1-12-7-8-14(21-12)10-17(3)16(20)11-18-9-5-4-6-15(18)13(2)19/h7-8,13,15,19H,4-6,9-11H2,1-3H3. The van der Waals surface area contributed by atoms with E-state index in [-0.39, 0.29) is 11.9 Å². The zero-order valence-corrected chi connectivity index (χ0v) is 13.2. The number of carbonyl (C=O) groups is 1. The number of rotatable bonds is 5. The van der Waals surface area contributed by atoms with Crippen LogP contribution in [0.25, 0.3) is 0 Å². The highest BCUT2D eigenvalue weighted by atomic mass is 16.3. The Bertz CT molecular complexity index is 470. The molecule has 0 radical (unpaired) electrons. The van der Waals surface area contributed by atoms with Gasteiger partial charge < -0.3 is 14.4 Å². The number of aryl methyl sites for hydroxylation is 1. The molecule has 0 bridgehead atoms. The number of aliphatic hydroxyl groups excluding tert-OH is 1. The molecule has 2 heterocycles. The summed E-state index contributed by atoms with van der Waals surface area (Å²) in [6.07, 6.45) is 2.79. The number of furan rings is 1. The maximum Gasteiger partial charge on any atom is 0.236 e. The van der Waals surface area contributed by atoms with Crippen LogP contribution in [0.3, 0.4) is 0 Å². The van der Waals surface area contributed by atoms with Gasteiger partial charge in [-0.3, -0.25) is 9.69 Å². The second kappa shape index (κ2) is 7.09. The summed E-state index contributed by atoms with van der Waals surface area (Å²) in [5.74, 6) is 1.72. The topological polar surface area (TPSA) is 56.9 Å². The van der Waals surface area contributed by atoms with Gasteiger partial charge in [0, 0.05) is 13.1 Å². The van der Waals surface area contributed by atoms with E-state index in [9.17, 15) is 9.90 Å². The van der Waals surface area contributed by atoms with E-state index in [0.29, 0.717) is 13.1 Å². The second-order valence-electron chi connectivity index (χ2n) is 6.04. The first-order valence-corrected chi connectivity index (χ1v) is 7.68. The lowest BCUT2D eigenvalue weighted by atomic mass is 9.98. The summed E-state index contributed by atoms with van der Waals surface area (Å²) in [6, 6.07) is 3.90. The lowest BCUT2D eigenvalue weighted by Crippen LogP contribution is -2.49.